The highest BCUT2D eigenvalue weighted by molar-refractivity contribution is 6.42. The van der Waals surface area contributed by atoms with E-state index in [9.17, 15) is 0 Å². The van der Waals surface area contributed by atoms with Gasteiger partial charge in [-0.2, -0.15) is 0 Å². The Morgan fingerprint density at radius 1 is 1.15 bits per heavy atom. The molecule has 4 heteroatoms. The fourth-order valence-corrected chi connectivity index (χ4v) is 3.69. The van der Waals surface area contributed by atoms with Crippen molar-refractivity contribution in [2.24, 2.45) is 5.92 Å². The summed E-state index contributed by atoms with van der Waals surface area (Å²) in [5, 5.41) is 4.76. The van der Waals surface area contributed by atoms with E-state index in [0.29, 0.717) is 5.02 Å². The van der Waals surface area contributed by atoms with Crippen molar-refractivity contribution < 1.29 is 0 Å². The molecule has 1 aromatic carbocycles. The maximum Gasteiger partial charge on any atom is 0.0637 e. The lowest BCUT2D eigenvalue weighted by Gasteiger charge is -2.36. The van der Waals surface area contributed by atoms with Crippen LogP contribution in [0.15, 0.2) is 18.2 Å². The highest BCUT2D eigenvalue weighted by atomic mass is 35.5. The van der Waals surface area contributed by atoms with Gasteiger partial charge in [-0.25, -0.2) is 0 Å². The third kappa shape index (κ3) is 3.30. The van der Waals surface area contributed by atoms with Crippen LogP contribution < -0.4 is 5.32 Å². The van der Waals surface area contributed by atoms with Crippen LogP contribution in [-0.2, 0) is 6.54 Å². The molecular weight excluding hydrogens is 291 g/mol. The van der Waals surface area contributed by atoms with Gasteiger partial charge in [-0.1, -0.05) is 48.2 Å². The van der Waals surface area contributed by atoms with Crippen LogP contribution in [0.5, 0.6) is 0 Å². The molecule has 1 aliphatic heterocycles. The zero-order valence-corrected chi connectivity index (χ0v) is 13.3. The van der Waals surface area contributed by atoms with E-state index in [1.54, 1.807) is 0 Å². The first-order valence-electron chi connectivity index (χ1n) is 7.61. The van der Waals surface area contributed by atoms with Gasteiger partial charge in [-0.15, -0.1) is 0 Å². The third-order valence-electron chi connectivity index (χ3n) is 4.60. The van der Waals surface area contributed by atoms with E-state index in [0.717, 1.165) is 36.6 Å². The summed E-state index contributed by atoms with van der Waals surface area (Å²) in [4.78, 5) is 2.63. The van der Waals surface area contributed by atoms with Crippen LogP contribution in [0.4, 0.5) is 0 Å². The number of rotatable bonds is 5. The Morgan fingerprint density at radius 2 is 1.90 bits per heavy atom. The van der Waals surface area contributed by atoms with Gasteiger partial charge in [0.05, 0.1) is 10.0 Å². The topological polar surface area (TPSA) is 15.3 Å². The van der Waals surface area contributed by atoms with Gasteiger partial charge < -0.3 is 5.32 Å². The van der Waals surface area contributed by atoms with Crippen molar-refractivity contribution in [1.29, 1.82) is 0 Å². The van der Waals surface area contributed by atoms with Gasteiger partial charge in [0.1, 0.15) is 0 Å². The molecule has 1 heterocycles. The quantitative estimate of drug-likeness (QED) is 0.885. The van der Waals surface area contributed by atoms with E-state index in [1.165, 1.54) is 37.8 Å². The monoisotopic (exact) mass is 312 g/mol. The van der Waals surface area contributed by atoms with Crippen molar-refractivity contribution in [3.63, 3.8) is 0 Å². The molecule has 2 nitrogen and oxygen atoms in total. The molecule has 20 heavy (non-hydrogen) atoms. The standard InChI is InChI=1S/C16H22Cl2N2/c17-15-7-3-4-13(16(15)18)11-20(10-12-8-19-9-12)14-5-1-2-6-14/h3-4,7,12,14,19H,1-2,5-6,8-11H2. The fourth-order valence-electron chi connectivity index (χ4n) is 3.31. The molecule has 2 aliphatic rings. The number of hydrogen-bond acceptors (Lipinski definition) is 2. The van der Waals surface area contributed by atoms with Crippen molar-refractivity contribution in [3.8, 4) is 0 Å². The lowest BCUT2D eigenvalue weighted by atomic mass is 10.0. The van der Waals surface area contributed by atoms with Crippen LogP contribution in [-0.4, -0.2) is 30.6 Å². The number of benzene rings is 1. The second kappa shape index (κ2) is 6.65. The predicted molar refractivity (Wildman–Crippen MR) is 85.5 cm³/mol. The van der Waals surface area contributed by atoms with Gasteiger partial charge in [0.2, 0.25) is 0 Å². The number of nitrogens with zero attached hydrogens (tertiary/aromatic N) is 1. The zero-order valence-electron chi connectivity index (χ0n) is 11.7. The summed E-state index contributed by atoms with van der Waals surface area (Å²) in [6.07, 6.45) is 5.40. The summed E-state index contributed by atoms with van der Waals surface area (Å²) in [7, 11) is 0. The minimum Gasteiger partial charge on any atom is -0.316 e. The van der Waals surface area contributed by atoms with Crippen molar-refractivity contribution >= 4 is 23.2 Å². The summed E-state index contributed by atoms with van der Waals surface area (Å²) < 4.78 is 0. The number of hydrogen-bond donors (Lipinski definition) is 1. The molecule has 1 aliphatic carbocycles. The second-order valence-corrected chi connectivity index (χ2v) is 6.89. The Bertz CT molecular complexity index is 454. The van der Waals surface area contributed by atoms with E-state index in [2.05, 4.69) is 16.3 Å². The highest BCUT2D eigenvalue weighted by Crippen LogP contribution is 2.30. The van der Waals surface area contributed by atoms with E-state index in [1.807, 2.05) is 12.1 Å². The lowest BCUT2D eigenvalue weighted by molar-refractivity contribution is 0.137. The summed E-state index contributed by atoms with van der Waals surface area (Å²) in [6, 6.07) is 6.70. The maximum atomic E-state index is 6.36. The smallest absolute Gasteiger partial charge is 0.0637 e. The van der Waals surface area contributed by atoms with Crippen molar-refractivity contribution in [3.05, 3.63) is 33.8 Å². The molecule has 0 bridgehead atoms. The number of halogens is 2. The molecule has 1 saturated carbocycles. The average Bonchev–Trinajstić information content (AvgIpc) is 2.91. The Labute approximate surface area is 131 Å². The third-order valence-corrected chi connectivity index (χ3v) is 5.46. The molecule has 0 unspecified atom stereocenters. The zero-order chi connectivity index (χ0) is 13.9. The van der Waals surface area contributed by atoms with E-state index < -0.39 is 0 Å². The minimum atomic E-state index is 0.667. The van der Waals surface area contributed by atoms with Gasteiger partial charge in [0.15, 0.2) is 0 Å². The largest absolute Gasteiger partial charge is 0.316 e. The van der Waals surface area contributed by atoms with Crippen molar-refractivity contribution in [2.45, 2.75) is 38.3 Å². The first-order valence-corrected chi connectivity index (χ1v) is 8.37. The highest BCUT2D eigenvalue weighted by Gasteiger charge is 2.27. The molecule has 3 rings (SSSR count). The van der Waals surface area contributed by atoms with Crippen molar-refractivity contribution in [2.75, 3.05) is 19.6 Å². The molecule has 1 aromatic rings. The first kappa shape index (κ1) is 14.6. The molecule has 0 atom stereocenters. The molecule has 110 valence electrons. The Morgan fingerprint density at radius 3 is 2.55 bits per heavy atom. The van der Waals surface area contributed by atoms with Crippen LogP contribution in [0.2, 0.25) is 10.0 Å². The summed E-state index contributed by atoms with van der Waals surface area (Å²) in [6.45, 7) is 4.43. The van der Waals surface area contributed by atoms with Crippen LogP contribution in [0.3, 0.4) is 0 Å². The Hall–Kier alpha value is -0.280. The molecule has 0 radical (unpaired) electrons. The molecule has 2 fully saturated rings. The van der Waals surface area contributed by atoms with Gasteiger partial charge in [-0.05, 0) is 30.4 Å². The molecular formula is C16H22Cl2N2. The second-order valence-electron chi connectivity index (χ2n) is 6.10. The van der Waals surface area contributed by atoms with Crippen LogP contribution in [0, 0.1) is 5.92 Å². The Kier molecular flexibility index (Phi) is 4.87. The summed E-state index contributed by atoms with van der Waals surface area (Å²) >= 11 is 12.5. The van der Waals surface area contributed by atoms with Gasteiger partial charge in [0, 0.05) is 32.2 Å². The number of nitrogens with one attached hydrogen (secondary N) is 1. The normalized spacial score (nSPS) is 20.6. The molecule has 0 aromatic heterocycles. The summed E-state index contributed by atoms with van der Waals surface area (Å²) in [5.41, 5.74) is 1.17. The average molecular weight is 313 g/mol. The van der Waals surface area contributed by atoms with Gasteiger partial charge >= 0.3 is 0 Å². The van der Waals surface area contributed by atoms with E-state index >= 15 is 0 Å². The SMILES string of the molecule is Clc1cccc(CN(CC2CNC2)C2CCCC2)c1Cl. The fraction of sp³-hybridized carbons (Fsp3) is 0.625. The summed E-state index contributed by atoms with van der Waals surface area (Å²) in [5.74, 6) is 0.800. The van der Waals surface area contributed by atoms with Crippen LogP contribution in [0.1, 0.15) is 31.2 Å². The first-order chi connectivity index (χ1) is 9.74. The predicted octanol–water partition coefficient (Wildman–Crippen LogP) is 3.96. The molecule has 0 amide bonds. The minimum absolute atomic E-state index is 0.667. The van der Waals surface area contributed by atoms with Crippen LogP contribution >= 0.6 is 23.2 Å². The van der Waals surface area contributed by atoms with E-state index in [4.69, 9.17) is 23.2 Å². The van der Waals surface area contributed by atoms with Gasteiger partial charge in [0.25, 0.3) is 0 Å². The molecule has 0 spiro atoms. The molecule has 1 saturated heterocycles. The Balaban J connectivity index is 1.72. The lowest BCUT2D eigenvalue weighted by Crippen LogP contribution is -2.49. The van der Waals surface area contributed by atoms with Crippen LogP contribution in [0.25, 0.3) is 0 Å². The van der Waals surface area contributed by atoms with E-state index in [-0.39, 0.29) is 0 Å². The molecule has 1 N–H and O–H groups in total. The maximum absolute atomic E-state index is 6.36. The van der Waals surface area contributed by atoms with Crippen molar-refractivity contribution in [1.82, 2.24) is 10.2 Å². The van der Waals surface area contributed by atoms with Gasteiger partial charge in [-0.3, -0.25) is 4.90 Å².